The van der Waals surface area contributed by atoms with Crippen LogP contribution < -0.4 is 5.32 Å². The van der Waals surface area contributed by atoms with E-state index < -0.39 is 24.7 Å². The van der Waals surface area contributed by atoms with Crippen molar-refractivity contribution in [2.75, 3.05) is 20.2 Å². The van der Waals surface area contributed by atoms with E-state index in [2.05, 4.69) is 5.32 Å². The molecule has 1 saturated carbocycles. The molecule has 1 amide bonds. The number of esters is 1. The standard InChI is InChI=1S/C15H23F3N2O3/c1-23-14(22)10-5-3-2-4-6-11(10)19-12-7-8-20(13(12)21)9-15(16,17)18/h10-12,19H,2-9H2,1H3/t10-,11-,12+/m1/s1. The van der Waals surface area contributed by atoms with Crippen LogP contribution in [0.2, 0.25) is 0 Å². The van der Waals surface area contributed by atoms with Crippen LogP contribution >= 0.6 is 0 Å². The van der Waals surface area contributed by atoms with Crippen molar-refractivity contribution in [1.29, 1.82) is 0 Å². The van der Waals surface area contributed by atoms with E-state index in [0.717, 1.165) is 30.6 Å². The predicted molar refractivity (Wildman–Crippen MR) is 76.6 cm³/mol. The van der Waals surface area contributed by atoms with Gasteiger partial charge in [0, 0.05) is 12.6 Å². The molecule has 0 aromatic carbocycles. The lowest BCUT2D eigenvalue weighted by atomic mass is 9.94. The van der Waals surface area contributed by atoms with Crippen molar-refractivity contribution >= 4 is 11.9 Å². The minimum Gasteiger partial charge on any atom is -0.469 e. The highest BCUT2D eigenvalue weighted by Gasteiger charge is 2.41. The second-order valence-corrected chi connectivity index (χ2v) is 6.26. The Labute approximate surface area is 133 Å². The molecule has 8 heteroatoms. The van der Waals surface area contributed by atoms with E-state index >= 15 is 0 Å². The van der Waals surface area contributed by atoms with E-state index in [-0.39, 0.29) is 24.5 Å². The molecule has 0 aromatic heterocycles. The van der Waals surface area contributed by atoms with Crippen LogP contribution in [0.1, 0.15) is 38.5 Å². The Kier molecular flexibility index (Phi) is 5.89. The first kappa shape index (κ1) is 18.0. The summed E-state index contributed by atoms with van der Waals surface area (Å²) in [5.74, 6) is -1.19. The lowest BCUT2D eigenvalue weighted by Crippen LogP contribution is -2.49. The topological polar surface area (TPSA) is 58.6 Å². The average molecular weight is 336 g/mol. The number of hydrogen-bond donors (Lipinski definition) is 1. The number of alkyl halides is 3. The fraction of sp³-hybridized carbons (Fsp3) is 0.867. The number of carbonyl (C=O) groups is 2. The summed E-state index contributed by atoms with van der Waals surface area (Å²) in [5, 5.41) is 3.13. The minimum atomic E-state index is -4.39. The second-order valence-electron chi connectivity index (χ2n) is 6.26. The van der Waals surface area contributed by atoms with Crippen molar-refractivity contribution in [2.45, 2.75) is 56.8 Å². The van der Waals surface area contributed by atoms with Crippen LogP contribution in [0.4, 0.5) is 13.2 Å². The Hall–Kier alpha value is -1.31. The third-order valence-electron chi connectivity index (χ3n) is 4.60. The molecule has 5 nitrogen and oxygen atoms in total. The second kappa shape index (κ2) is 7.51. The highest BCUT2D eigenvalue weighted by atomic mass is 19.4. The van der Waals surface area contributed by atoms with Gasteiger partial charge >= 0.3 is 12.1 Å². The Bertz CT molecular complexity index is 442. The van der Waals surface area contributed by atoms with Crippen molar-refractivity contribution in [1.82, 2.24) is 10.2 Å². The summed E-state index contributed by atoms with van der Waals surface area (Å²) in [7, 11) is 1.33. The molecule has 1 heterocycles. The van der Waals surface area contributed by atoms with Gasteiger partial charge in [0.05, 0.1) is 19.1 Å². The van der Waals surface area contributed by atoms with Gasteiger partial charge < -0.3 is 15.0 Å². The number of hydrogen-bond acceptors (Lipinski definition) is 4. The van der Waals surface area contributed by atoms with Crippen LogP contribution in [0.3, 0.4) is 0 Å². The number of rotatable bonds is 4. The summed E-state index contributed by atoms with van der Waals surface area (Å²) in [4.78, 5) is 24.9. The zero-order valence-corrected chi connectivity index (χ0v) is 13.2. The third kappa shape index (κ3) is 4.83. The number of ether oxygens (including phenoxy) is 1. The van der Waals surface area contributed by atoms with Gasteiger partial charge in [0.25, 0.3) is 0 Å². The van der Waals surface area contributed by atoms with E-state index in [1.54, 1.807) is 0 Å². The van der Waals surface area contributed by atoms with Crippen molar-refractivity contribution in [2.24, 2.45) is 5.92 Å². The van der Waals surface area contributed by atoms with Gasteiger partial charge in [0.2, 0.25) is 5.91 Å². The maximum absolute atomic E-state index is 12.5. The highest BCUT2D eigenvalue weighted by molar-refractivity contribution is 5.84. The molecule has 0 aromatic rings. The minimum absolute atomic E-state index is 0.0889. The Morgan fingerprint density at radius 2 is 1.96 bits per heavy atom. The van der Waals surface area contributed by atoms with E-state index in [4.69, 9.17) is 4.74 Å². The van der Waals surface area contributed by atoms with Gasteiger partial charge in [-0.1, -0.05) is 19.3 Å². The fourth-order valence-electron chi connectivity index (χ4n) is 3.47. The number of likely N-dealkylation sites (tertiary alicyclic amines) is 1. The molecule has 132 valence electrons. The number of carbonyl (C=O) groups excluding carboxylic acids is 2. The maximum Gasteiger partial charge on any atom is 0.406 e. The first-order valence-electron chi connectivity index (χ1n) is 8.01. The monoisotopic (exact) mass is 336 g/mol. The molecule has 23 heavy (non-hydrogen) atoms. The SMILES string of the molecule is COC(=O)[C@@H]1CCCCC[C@H]1N[C@H]1CCN(CC(F)(F)F)C1=O. The van der Waals surface area contributed by atoms with E-state index in [9.17, 15) is 22.8 Å². The van der Waals surface area contributed by atoms with Crippen LogP contribution in [-0.4, -0.2) is 55.2 Å². The molecular formula is C15H23F3N2O3. The first-order valence-corrected chi connectivity index (χ1v) is 8.01. The summed E-state index contributed by atoms with van der Waals surface area (Å²) in [5.41, 5.74) is 0. The summed E-state index contributed by atoms with van der Waals surface area (Å²) in [6.45, 7) is -1.12. The Morgan fingerprint density at radius 1 is 1.26 bits per heavy atom. The predicted octanol–water partition coefficient (Wildman–Crippen LogP) is 1.86. The highest BCUT2D eigenvalue weighted by Crippen LogP contribution is 2.27. The number of methoxy groups -OCH3 is 1. The molecule has 0 radical (unpaired) electrons. The number of nitrogens with one attached hydrogen (secondary N) is 1. The molecule has 1 saturated heterocycles. The molecule has 2 aliphatic rings. The van der Waals surface area contributed by atoms with Crippen LogP contribution in [-0.2, 0) is 14.3 Å². The summed E-state index contributed by atoms with van der Waals surface area (Å²) in [6, 6.07) is -0.864. The quantitative estimate of drug-likeness (QED) is 0.629. The molecule has 3 atom stereocenters. The lowest BCUT2D eigenvalue weighted by molar-refractivity contribution is -0.158. The summed E-state index contributed by atoms with van der Waals surface area (Å²) >= 11 is 0. The van der Waals surface area contributed by atoms with Gasteiger partial charge in [-0.25, -0.2) is 0 Å². The van der Waals surface area contributed by atoms with Gasteiger partial charge in [-0.3, -0.25) is 9.59 Å². The number of nitrogens with zero attached hydrogens (tertiary/aromatic N) is 1. The van der Waals surface area contributed by atoms with Crippen LogP contribution in [0, 0.1) is 5.92 Å². The molecule has 1 aliphatic heterocycles. The Balaban J connectivity index is 1.99. The summed E-state index contributed by atoms with van der Waals surface area (Å²) < 4.78 is 42.2. The van der Waals surface area contributed by atoms with Crippen molar-refractivity contribution in [3.8, 4) is 0 Å². The first-order chi connectivity index (χ1) is 10.8. The zero-order chi connectivity index (χ0) is 17.0. The molecule has 1 N–H and O–H groups in total. The molecule has 0 spiro atoms. The average Bonchev–Trinajstić information content (AvgIpc) is 2.69. The van der Waals surface area contributed by atoms with E-state index in [1.807, 2.05) is 0 Å². The third-order valence-corrected chi connectivity index (χ3v) is 4.60. The molecule has 2 fully saturated rings. The lowest BCUT2D eigenvalue weighted by Gasteiger charge is -2.27. The van der Waals surface area contributed by atoms with Gasteiger partial charge in [-0.2, -0.15) is 13.2 Å². The van der Waals surface area contributed by atoms with Gasteiger partial charge in [0.15, 0.2) is 0 Å². The summed E-state index contributed by atoms with van der Waals surface area (Å²) in [6.07, 6.45) is 0.195. The zero-order valence-electron chi connectivity index (χ0n) is 13.2. The van der Waals surface area contributed by atoms with Crippen molar-refractivity contribution in [3.63, 3.8) is 0 Å². The maximum atomic E-state index is 12.5. The smallest absolute Gasteiger partial charge is 0.406 e. The molecule has 2 rings (SSSR count). The number of halogens is 3. The fourth-order valence-corrected chi connectivity index (χ4v) is 3.47. The largest absolute Gasteiger partial charge is 0.469 e. The van der Waals surface area contributed by atoms with Crippen molar-refractivity contribution < 1.29 is 27.5 Å². The molecule has 1 aliphatic carbocycles. The normalized spacial score (nSPS) is 29.5. The molecule has 0 unspecified atom stereocenters. The molecular weight excluding hydrogens is 313 g/mol. The van der Waals surface area contributed by atoms with Crippen LogP contribution in [0.15, 0.2) is 0 Å². The van der Waals surface area contributed by atoms with Crippen LogP contribution in [0.25, 0.3) is 0 Å². The van der Waals surface area contributed by atoms with E-state index in [0.29, 0.717) is 12.8 Å². The van der Waals surface area contributed by atoms with Crippen molar-refractivity contribution in [3.05, 3.63) is 0 Å². The van der Waals surface area contributed by atoms with Gasteiger partial charge in [-0.15, -0.1) is 0 Å². The number of amides is 1. The molecule has 0 bridgehead atoms. The van der Waals surface area contributed by atoms with Gasteiger partial charge in [0.1, 0.15) is 6.54 Å². The van der Waals surface area contributed by atoms with E-state index in [1.165, 1.54) is 7.11 Å². The van der Waals surface area contributed by atoms with Gasteiger partial charge in [-0.05, 0) is 19.3 Å². The van der Waals surface area contributed by atoms with Crippen LogP contribution in [0.5, 0.6) is 0 Å². The Morgan fingerprint density at radius 3 is 2.61 bits per heavy atom.